The van der Waals surface area contributed by atoms with E-state index in [1.165, 1.54) is 0 Å². The maximum atomic E-state index is 13.4. The number of carbonyl (C=O) groups excluding carboxylic acids is 4. The SMILES string of the molecule is CCOC(=O)[C@@H]1CC(CCCCl)(C(=O)OC(C)(C)C)C(=O)N1C(=O)OC(C)(C)C. The summed E-state index contributed by atoms with van der Waals surface area (Å²) in [5.41, 5.74) is -3.47. The van der Waals surface area contributed by atoms with Crippen LogP contribution in [0.15, 0.2) is 0 Å². The van der Waals surface area contributed by atoms with Crippen molar-refractivity contribution in [3.8, 4) is 0 Å². The second-order valence-electron chi connectivity index (χ2n) is 9.00. The Morgan fingerprint density at radius 1 is 1.10 bits per heavy atom. The maximum absolute atomic E-state index is 13.4. The van der Waals surface area contributed by atoms with Crippen molar-refractivity contribution in [2.24, 2.45) is 5.41 Å². The highest BCUT2D eigenvalue weighted by atomic mass is 35.5. The average Bonchev–Trinajstić information content (AvgIpc) is 2.84. The molecule has 0 bridgehead atoms. The lowest BCUT2D eigenvalue weighted by atomic mass is 9.80. The van der Waals surface area contributed by atoms with Crippen LogP contribution in [0.25, 0.3) is 0 Å². The molecule has 1 unspecified atom stereocenters. The molecule has 1 aliphatic rings. The number of hydrogen-bond acceptors (Lipinski definition) is 7. The number of nitrogens with zero attached hydrogens (tertiary/aromatic N) is 1. The molecule has 1 fully saturated rings. The third kappa shape index (κ3) is 6.32. The summed E-state index contributed by atoms with van der Waals surface area (Å²) in [6.45, 7) is 11.6. The quantitative estimate of drug-likeness (QED) is 0.274. The smallest absolute Gasteiger partial charge is 0.417 e. The molecule has 0 radical (unpaired) electrons. The second kappa shape index (κ2) is 9.32. The van der Waals surface area contributed by atoms with Crippen LogP contribution in [0.3, 0.4) is 0 Å². The lowest BCUT2D eigenvalue weighted by Crippen LogP contribution is -2.49. The normalized spacial score (nSPS) is 22.4. The van der Waals surface area contributed by atoms with Crippen molar-refractivity contribution >= 4 is 35.5 Å². The molecule has 1 heterocycles. The van der Waals surface area contributed by atoms with Gasteiger partial charge in [0.15, 0.2) is 0 Å². The van der Waals surface area contributed by atoms with Crippen molar-refractivity contribution in [3.05, 3.63) is 0 Å². The summed E-state index contributed by atoms with van der Waals surface area (Å²) in [5.74, 6) is -2.19. The van der Waals surface area contributed by atoms with Crippen molar-refractivity contribution < 1.29 is 33.4 Å². The Bertz CT molecular complexity index is 650. The highest BCUT2D eigenvalue weighted by Gasteiger charge is 2.62. The summed E-state index contributed by atoms with van der Waals surface area (Å²) < 4.78 is 15.8. The lowest BCUT2D eigenvalue weighted by molar-refractivity contribution is -0.171. The van der Waals surface area contributed by atoms with Gasteiger partial charge in [-0.3, -0.25) is 9.59 Å². The molecule has 1 rings (SSSR count). The molecule has 0 aromatic rings. The number of amides is 2. The zero-order valence-electron chi connectivity index (χ0n) is 18.3. The van der Waals surface area contributed by atoms with Crippen molar-refractivity contribution in [2.45, 2.75) is 85.0 Å². The molecule has 166 valence electrons. The van der Waals surface area contributed by atoms with Crippen LogP contribution in [0.4, 0.5) is 4.79 Å². The molecule has 8 nitrogen and oxygen atoms in total. The number of rotatable bonds is 6. The van der Waals surface area contributed by atoms with E-state index in [9.17, 15) is 19.2 Å². The third-order valence-corrected chi connectivity index (χ3v) is 4.42. The summed E-state index contributed by atoms with van der Waals surface area (Å²) in [4.78, 5) is 52.4. The van der Waals surface area contributed by atoms with Gasteiger partial charge in [0.05, 0.1) is 6.61 Å². The summed E-state index contributed by atoms with van der Waals surface area (Å²) in [6, 6.07) is -1.28. The van der Waals surface area contributed by atoms with Gasteiger partial charge >= 0.3 is 18.0 Å². The molecule has 2 amide bonds. The molecule has 0 spiro atoms. The molecule has 1 saturated heterocycles. The second-order valence-corrected chi connectivity index (χ2v) is 9.38. The van der Waals surface area contributed by atoms with Crippen LogP contribution < -0.4 is 0 Å². The van der Waals surface area contributed by atoms with Crippen molar-refractivity contribution in [1.29, 1.82) is 0 Å². The van der Waals surface area contributed by atoms with Gasteiger partial charge in [0.2, 0.25) is 5.91 Å². The summed E-state index contributed by atoms with van der Waals surface area (Å²) in [7, 11) is 0. The van der Waals surface area contributed by atoms with E-state index in [0.717, 1.165) is 0 Å². The predicted octanol–water partition coefficient (Wildman–Crippen LogP) is 3.43. The van der Waals surface area contributed by atoms with Crippen LogP contribution in [0.1, 0.15) is 67.7 Å². The largest absolute Gasteiger partial charge is 0.464 e. The molecule has 0 saturated carbocycles. The first-order chi connectivity index (χ1) is 13.2. The Morgan fingerprint density at radius 2 is 1.66 bits per heavy atom. The topological polar surface area (TPSA) is 99.2 Å². The number of esters is 2. The van der Waals surface area contributed by atoms with E-state index >= 15 is 0 Å². The van der Waals surface area contributed by atoms with E-state index in [-0.39, 0.29) is 25.3 Å². The van der Waals surface area contributed by atoms with Crippen LogP contribution in [0.5, 0.6) is 0 Å². The van der Waals surface area contributed by atoms with E-state index in [1.807, 2.05) is 0 Å². The fourth-order valence-electron chi connectivity index (χ4n) is 3.06. The minimum atomic E-state index is -1.71. The summed E-state index contributed by atoms with van der Waals surface area (Å²) in [6.07, 6.45) is -0.878. The molecule has 0 N–H and O–H groups in total. The summed E-state index contributed by atoms with van der Waals surface area (Å²) in [5, 5.41) is 0. The average molecular weight is 434 g/mol. The Hall–Kier alpha value is -1.83. The van der Waals surface area contributed by atoms with E-state index in [2.05, 4.69) is 0 Å². The van der Waals surface area contributed by atoms with Crippen LogP contribution in [0, 0.1) is 5.41 Å². The fourth-order valence-corrected chi connectivity index (χ4v) is 3.19. The van der Waals surface area contributed by atoms with Crippen LogP contribution in [0.2, 0.25) is 0 Å². The molecule has 1 aliphatic heterocycles. The van der Waals surface area contributed by atoms with Gasteiger partial charge in [0.25, 0.3) is 0 Å². The summed E-state index contributed by atoms with van der Waals surface area (Å²) >= 11 is 5.80. The highest BCUT2D eigenvalue weighted by molar-refractivity contribution is 6.18. The zero-order valence-corrected chi connectivity index (χ0v) is 19.1. The van der Waals surface area contributed by atoms with E-state index in [0.29, 0.717) is 11.3 Å². The predicted molar refractivity (Wildman–Crippen MR) is 106 cm³/mol. The fraction of sp³-hybridized carbons (Fsp3) is 0.800. The first kappa shape index (κ1) is 25.2. The van der Waals surface area contributed by atoms with Crippen molar-refractivity contribution in [2.75, 3.05) is 12.5 Å². The first-order valence-corrected chi connectivity index (χ1v) is 10.2. The number of carbonyl (C=O) groups is 4. The molecule has 2 atom stereocenters. The van der Waals surface area contributed by atoms with Gasteiger partial charge in [-0.2, -0.15) is 0 Å². The van der Waals surface area contributed by atoms with E-state index < -0.39 is 46.6 Å². The third-order valence-electron chi connectivity index (χ3n) is 4.16. The number of imide groups is 1. The maximum Gasteiger partial charge on any atom is 0.417 e. The van der Waals surface area contributed by atoms with Gasteiger partial charge in [-0.1, -0.05) is 0 Å². The minimum absolute atomic E-state index is 0.0411. The van der Waals surface area contributed by atoms with Gasteiger partial charge in [-0.15, -0.1) is 11.6 Å². The molecular formula is C20H32ClNO7. The Labute approximate surface area is 177 Å². The lowest BCUT2D eigenvalue weighted by Gasteiger charge is -2.30. The molecule has 0 aromatic carbocycles. The monoisotopic (exact) mass is 433 g/mol. The number of hydrogen-bond donors (Lipinski definition) is 0. The Morgan fingerprint density at radius 3 is 2.10 bits per heavy atom. The van der Waals surface area contributed by atoms with Gasteiger partial charge in [0, 0.05) is 12.3 Å². The standard InChI is InChI=1S/C20H32ClNO7/c1-8-27-14(23)13-12-20(10-9-11-21,16(25)28-18(2,3)4)15(24)22(13)17(26)29-19(5,6)7/h13H,8-12H2,1-7H3/t13-,20?/m0/s1. The molecule has 9 heteroatoms. The number of halogens is 1. The van der Waals surface area contributed by atoms with Crippen molar-refractivity contribution in [1.82, 2.24) is 4.90 Å². The molecule has 29 heavy (non-hydrogen) atoms. The van der Waals surface area contributed by atoms with Crippen LogP contribution in [-0.4, -0.2) is 58.6 Å². The van der Waals surface area contributed by atoms with Gasteiger partial charge in [0.1, 0.15) is 22.7 Å². The van der Waals surface area contributed by atoms with Gasteiger partial charge in [-0.25, -0.2) is 14.5 Å². The van der Waals surface area contributed by atoms with Crippen LogP contribution >= 0.6 is 11.6 Å². The zero-order chi connectivity index (χ0) is 22.6. The molecule has 0 aliphatic carbocycles. The van der Waals surface area contributed by atoms with Crippen LogP contribution in [-0.2, 0) is 28.6 Å². The number of likely N-dealkylation sites (tertiary alicyclic amines) is 1. The molecule has 0 aromatic heterocycles. The molecular weight excluding hydrogens is 402 g/mol. The Kier molecular flexibility index (Phi) is 8.10. The van der Waals surface area contributed by atoms with Gasteiger partial charge in [-0.05, 0) is 61.3 Å². The first-order valence-electron chi connectivity index (χ1n) is 9.71. The Balaban J connectivity index is 3.42. The minimum Gasteiger partial charge on any atom is -0.464 e. The van der Waals surface area contributed by atoms with Crippen molar-refractivity contribution in [3.63, 3.8) is 0 Å². The number of ether oxygens (including phenoxy) is 3. The highest BCUT2D eigenvalue weighted by Crippen LogP contribution is 2.43. The van der Waals surface area contributed by atoms with E-state index in [4.69, 9.17) is 25.8 Å². The van der Waals surface area contributed by atoms with E-state index in [1.54, 1.807) is 48.5 Å². The van der Waals surface area contributed by atoms with Gasteiger partial charge < -0.3 is 14.2 Å². The number of alkyl halides is 1.